The van der Waals surface area contributed by atoms with Crippen molar-refractivity contribution in [2.45, 2.75) is 33.4 Å². The molecule has 1 aromatic heterocycles. The molecule has 0 aliphatic rings. The van der Waals surface area contributed by atoms with E-state index in [2.05, 4.69) is 24.2 Å². The van der Waals surface area contributed by atoms with Crippen LogP contribution in [0.5, 0.6) is 5.75 Å². The van der Waals surface area contributed by atoms with Gasteiger partial charge in [-0.1, -0.05) is 12.1 Å². The summed E-state index contributed by atoms with van der Waals surface area (Å²) in [6.45, 7) is 5.52. The Morgan fingerprint density at radius 3 is 2.42 bits per heavy atom. The molecule has 0 fully saturated rings. The SMILES string of the molecule is COc1ccc(CCn2nc(C)c(CN)c2C)cc1. The smallest absolute Gasteiger partial charge is 0.118 e. The highest BCUT2D eigenvalue weighted by Crippen LogP contribution is 2.15. The molecular formula is C15H21N3O. The van der Waals surface area contributed by atoms with E-state index < -0.39 is 0 Å². The summed E-state index contributed by atoms with van der Waals surface area (Å²) in [6.07, 6.45) is 0.954. The van der Waals surface area contributed by atoms with Crippen molar-refractivity contribution in [3.05, 3.63) is 46.8 Å². The minimum atomic E-state index is 0.556. The highest BCUT2D eigenvalue weighted by atomic mass is 16.5. The Morgan fingerprint density at radius 1 is 1.21 bits per heavy atom. The summed E-state index contributed by atoms with van der Waals surface area (Å²) in [4.78, 5) is 0. The Hall–Kier alpha value is -1.81. The quantitative estimate of drug-likeness (QED) is 0.895. The minimum absolute atomic E-state index is 0.556. The molecule has 0 spiro atoms. The van der Waals surface area contributed by atoms with Gasteiger partial charge >= 0.3 is 0 Å². The minimum Gasteiger partial charge on any atom is -0.497 e. The monoisotopic (exact) mass is 259 g/mol. The summed E-state index contributed by atoms with van der Waals surface area (Å²) in [5, 5.41) is 4.54. The number of aromatic nitrogens is 2. The number of rotatable bonds is 5. The second kappa shape index (κ2) is 5.89. The van der Waals surface area contributed by atoms with E-state index in [0.29, 0.717) is 6.54 Å². The maximum Gasteiger partial charge on any atom is 0.118 e. The van der Waals surface area contributed by atoms with Gasteiger partial charge in [-0.3, -0.25) is 4.68 Å². The first-order valence-corrected chi connectivity index (χ1v) is 6.51. The highest BCUT2D eigenvalue weighted by Gasteiger charge is 2.09. The summed E-state index contributed by atoms with van der Waals surface area (Å²) >= 11 is 0. The molecule has 0 unspecified atom stereocenters. The van der Waals surface area contributed by atoms with E-state index in [1.165, 1.54) is 11.3 Å². The number of nitrogens with two attached hydrogens (primary N) is 1. The molecule has 0 atom stereocenters. The van der Waals surface area contributed by atoms with Crippen LogP contribution in [-0.2, 0) is 19.5 Å². The zero-order valence-electron chi connectivity index (χ0n) is 11.8. The predicted octanol–water partition coefficient (Wildman–Crippen LogP) is 2.21. The van der Waals surface area contributed by atoms with Crippen molar-refractivity contribution >= 4 is 0 Å². The zero-order valence-corrected chi connectivity index (χ0v) is 11.8. The van der Waals surface area contributed by atoms with E-state index in [1.807, 2.05) is 23.7 Å². The Bertz CT molecular complexity index is 543. The zero-order chi connectivity index (χ0) is 13.8. The Labute approximate surface area is 114 Å². The standard InChI is InChI=1S/C15H21N3O/c1-11-15(10-16)12(2)18(17-11)9-8-13-4-6-14(19-3)7-5-13/h4-7H,8-10,16H2,1-3H3. The van der Waals surface area contributed by atoms with Gasteiger partial charge < -0.3 is 10.5 Å². The van der Waals surface area contributed by atoms with E-state index in [4.69, 9.17) is 10.5 Å². The Morgan fingerprint density at radius 2 is 1.89 bits per heavy atom. The van der Waals surface area contributed by atoms with Crippen molar-refractivity contribution in [2.75, 3.05) is 7.11 Å². The van der Waals surface area contributed by atoms with Crippen LogP contribution in [0.25, 0.3) is 0 Å². The molecule has 0 saturated carbocycles. The lowest BCUT2D eigenvalue weighted by atomic mass is 10.1. The van der Waals surface area contributed by atoms with Gasteiger partial charge in [-0.25, -0.2) is 0 Å². The second-order valence-electron chi connectivity index (χ2n) is 4.67. The molecule has 0 aliphatic carbocycles. The van der Waals surface area contributed by atoms with Crippen LogP contribution >= 0.6 is 0 Å². The first-order valence-electron chi connectivity index (χ1n) is 6.51. The van der Waals surface area contributed by atoms with Crippen LogP contribution in [0.15, 0.2) is 24.3 Å². The van der Waals surface area contributed by atoms with E-state index in [-0.39, 0.29) is 0 Å². The molecule has 2 aromatic rings. The van der Waals surface area contributed by atoms with Crippen LogP contribution in [0.4, 0.5) is 0 Å². The van der Waals surface area contributed by atoms with Gasteiger partial charge in [-0.2, -0.15) is 5.10 Å². The third-order valence-corrected chi connectivity index (χ3v) is 3.51. The number of aryl methyl sites for hydroxylation is 3. The lowest BCUT2D eigenvalue weighted by Gasteiger charge is -2.06. The Kier molecular flexibility index (Phi) is 4.22. The molecule has 0 bridgehead atoms. The molecule has 1 aromatic carbocycles. The third-order valence-electron chi connectivity index (χ3n) is 3.51. The summed E-state index contributed by atoms with van der Waals surface area (Å²) in [7, 11) is 1.68. The number of benzene rings is 1. The van der Waals surface area contributed by atoms with Crippen LogP contribution < -0.4 is 10.5 Å². The number of ether oxygens (including phenoxy) is 1. The largest absolute Gasteiger partial charge is 0.497 e. The van der Waals surface area contributed by atoms with Gasteiger partial charge in [0.1, 0.15) is 5.75 Å². The molecule has 1 heterocycles. The van der Waals surface area contributed by atoms with Crippen molar-refractivity contribution in [3.8, 4) is 5.75 Å². The first-order chi connectivity index (χ1) is 9.15. The maximum atomic E-state index is 5.74. The molecule has 0 radical (unpaired) electrons. The van der Waals surface area contributed by atoms with Gasteiger partial charge in [0, 0.05) is 24.3 Å². The summed E-state index contributed by atoms with van der Waals surface area (Å²) in [5.41, 5.74) is 10.4. The number of hydrogen-bond donors (Lipinski definition) is 1. The molecule has 2 rings (SSSR count). The van der Waals surface area contributed by atoms with Gasteiger partial charge in [0.25, 0.3) is 0 Å². The van der Waals surface area contributed by atoms with Crippen molar-refractivity contribution in [2.24, 2.45) is 5.73 Å². The summed E-state index contributed by atoms with van der Waals surface area (Å²) in [6, 6.07) is 8.16. The molecule has 4 nitrogen and oxygen atoms in total. The topological polar surface area (TPSA) is 53.1 Å². The predicted molar refractivity (Wildman–Crippen MR) is 76.3 cm³/mol. The van der Waals surface area contributed by atoms with Gasteiger partial charge in [-0.05, 0) is 38.0 Å². The summed E-state index contributed by atoms with van der Waals surface area (Å²) in [5.74, 6) is 0.889. The fraction of sp³-hybridized carbons (Fsp3) is 0.400. The van der Waals surface area contributed by atoms with Crippen LogP contribution in [0.2, 0.25) is 0 Å². The van der Waals surface area contributed by atoms with Crippen LogP contribution in [-0.4, -0.2) is 16.9 Å². The van der Waals surface area contributed by atoms with E-state index >= 15 is 0 Å². The lowest BCUT2D eigenvalue weighted by molar-refractivity contribution is 0.414. The fourth-order valence-corrected chi connectivity index (χ4v) is 2.27. The second-order valence-corrected chi connectivity index (χ2v) is 4.67. The third kappa shape index (κ3) is 2.96. The first kappa shape index (κ1) is 13.6. The number of nitrogens with zero attached hydrogens (tertiary/aromatic N) is 2. The molecule has 19 heavy (non-hydrogen) atoms. The van der Waals surface area contributed by atoms with Crippen molar-refractivity contribution in [1.29, 1.82) is 0 Å². The number of methoxy groups -OCH3 is 1. The molecule has 2 N–H and O–H groups in total. The summed E-state index contributed by atoms with van der Waals surface area (Å²) < 4.78 is 7.20. The average Bonchev–Trinajstić information content (AvgIpc) is 2.71. The van der Waals surface area contributed by atoms with Gasteiger partial charge in [0.15, 0.2) is 0 Å². The maximum absolute atomic E-state index is 5.74. The molecule has 0 aliphatic heterocycles. The van der Waals surface area contributed by atoms with Crippen LogP contribution in [0.3, 0.4) is 0 Å². The van der Waals surface area contributed by atoms with Gasteiger partial charge in [0.2, 0.25) is 0 Å². The normalized spacial score (nSPS) is 10.7. The van der Waals surface area contributed by atoms with Crippen LogP contribution in [0, 0.1) is 13.8 Å². The van der Waals surface area contributed by atoms with E-state index in [9.17, 15) is 0 Å². The molecular weight excluding hydrogens is 238 g/mol. The number of hydrogen-bond acceptors (Lipinski definition) is 3. The van der Waals surface area contributed by atoms with E-state index in [0.717, 1.165) is 30.0 Å². The molecule has 0 amide bonds. The van der Waals surface area contributed by atoms with Crippen LogP contribution in [0.1, 0.15) is 22.5 Å². The molecule has 4 heteroatoms. The van der Waals surface area contributed by atoms with Gasteiger partial charge in [0.05, 0.1) is 12.8 Å². The van der Waals surface area contributed by atoms with Crippen molar-refractivity contribution < 1.29 is 4.74 Å². The molecule has 102 valence electrons. The Balaban J connectivity index is 2.05. The van der Waals surface area contributed by atoms with Gasteiger partial charge in [-0.15, -0.1) is 0 Å². The average molecular weight is 259 g/mol. The van der Waals surface area contributed by atoms with Crippen molar-refractivity contribution in [3.63, 3.8) is 0 Å². The lowest BCUT2D eigenvalue weighted by Crippen LogP contribution is -2.06. The van der Waals surface area contributed by atoms with Crippen molar-refractivity contribution in [1.82, 2.24) is 9.78 Å². The fourth-order valence-electron chi connectivity index (χ4n) is 2.27. The highest BCUT2D eigenvalue weighted by molar-refractivity contribution is 5.27. The molecule has 0 saturated heterocycles. The van der Waals surface area contributed by atoms with E-state index in [1.54, 1.807) is 7.11 Å².